The zero-order valence-corrected chi connectivity index (χ0v) is 29.1. The number of para-hydroxylation sites is 1. The highest BCUT2D eigenvalue weighted by Gasteiger charge is 2.29. The second-order valence-electron chi connectivity index (χ2n) is 11.2. The van der Waals surface area contributed by atoms with Gasteiger partial charge in [0.15, 0.2) is 0 Å². The van der Waals surface area contributed by atoms with Gasteiger partial charge in [-0.25, -0.2) is 0 Å². The van der Waals surface area contributed by atoms with Crippen molar-refractivity contribution < 1.29 is 19.2 Å². The Morgan fingerprint density at radius 2 is 1.47 bits per heavy atom. The Balaban J connectivity index is 1.22. The van der Waals surface area contributed by atoms with Gasteiger partial charge < -0.3 is 16.0 Å². The zero-order valence-electron chi connectivity index (χ0n) is 26.8. The maximum absolute atomic E-state index is 13.8. The second-order valence-corrected chi connectivity index (χ2v) is 13.2. The molecule has 6 rings (SSSR count). The van der Waals surface area contributed by atoms with E-state index < -0.39 is 17.1 Å². The average molecular weight is 735 g/mol. The molecule has 1 aliphatic rings. The number of hydrazone groups is 1. The normalized spacial score (nSPS) is 13.3. The minimum Gasteiger partial charge on any atom is -0.321 e. The number of benzene rings is 5. The molecule has 0 saturated heterocycles. The first-order valence-electron chi connectivity index (χ1n) is 15.7. The van der Waals surface area contributed by atoms with Crippen molar-refractivity contribution in [1.82, 2.24) is 10.6 Å². The van der Waals surface area contributed by atoms with E-state index in [4.69, 9.17) is 23.2 Å². The number of amides is 4. The number of anilines is 2. The third-order valence-electron chi connectivity index (χ3n) is 7.52. The summed E-state index contributed by atoms with van der Waals surface area (Å²) in [6, 6.07) is 38.5. The van der Waals surface area contributed by atoms with Crippen LogP contribution in [-0.4, -0.2) is 29.5 Å². The number of hydrogen-bond donors (Lipinski definition) is 3. The van der Waals surface area contributed by atoms with Crippen LogP contribution in [0.15, 0.2) is 149 Å². The fourth-order valence-electron chi connectivity index (χ4n) is 5.08. The van der Waals surface area contributed by atoms with Crippen LogP contribution in [0, 0.1) is 0 Å². The van der Waals surface area contributed by atoms with Gasteiger partial charge in [0, 0.05) is 26.2 Å². The van der Waals surface area contributed by atoms with Crippen molar-refractivity contribution in [2.24, 2.45) is 5.10 Å². The number of amidine groups is 1. The van der Waals surface area contributed by atoms with Gasteiger partial charge in [-0.3, -0.25) is 19.2 Å². The molecule has 1 atom stereocenters. The maximum atomic E-state index is 13.8. The summed E-state index contributed by atoms with van der Waals surface area (Å²) in [5.74, 6) is -1.46. The molecule has 1 unspecified atom stereocenters. The van der Waals surface area contributed by atoms with Crippen LogP contribution in [0.5, 0.6) is 0 Å². The Morgan fingerprint density at radius 3 is 2.18 bits per heavy atom. The first-order chi connectivity index (χ1) is 24.7. The molecule has 0 bridgehead atoms. The topological polar surface area (TPSA) is 120 Å². The molecule has 1 heterocycles. The van der Waals surface area contributed by atoms with Gasteiger partial charge in [-0.15, -0.1) is 11.8 Å². The van der Waals surface area contributed by atoms with Gasteiger partial charge in [0.05, 0.1) is 12.1 Å². The van der Waals surface area contributed by atoms with E-state index in [1.54, 1.807) is 91.0 Å². The lowest BCUT2D eigenvalue weighted by Crippen LogP contribution is -2.33. The molecule has 0 fully saturated rings. The molecule has 5 aromatic carbocycles. The molecule has 4 amide bonds. The van der Waals surface area contributed by atoms with E-state index in [1.165, 1.54) is 22.8 Å². The summed E-state index contributed by atoms with van der Waals surface area (Å²) in [6.07, 6.45) is 1.42. The van der Waals surface area contributed by atoms with Crippen molar-refractivity contribution in [2.45, 2.75) is 16.6 Å². The summed E-state index contributed by atoms with van der Waals surface area (Å²) in [5, 5.41) is 14.0. The first kappa shape index (κ1) is 35.2. The molecule has 3 N–H and O–H groups in total. The molecule has 254 valence electrons. The van der Waals surface area contributed by atoms with Crippen molar-refractivity contribution in [2.75, 3.05) is 10.3 Å². The van der Waals surface area contributed by atoms with Gasteiger partial charge in [0.25, 0.3) is 17.7 Å². The predicted molar refractivity (Wildman–Crippen MR) is 203 cm³/mol. The summed E-state index contributed by atoms with van der Waals surface area (Å²) >= 11 is 13.7. The van der Waals surface area contributed by atoms with E-state index in [0.29, 0.717) is 37.4 Å². The van der Waals surface area contributed by atoms with Crippen LogP contribution in [-0.2, 0) is 14.4 Å². The lowest BCUT2D eigenvalue weighted by molar-refractivity contribution is -0.119. The van der Waals surface area contributed by atoms with Crippen LogP contribution in [0.4, 0.5) is 11.4 Å². The van der Waals surface area contributed by atoms with Gasteiger partial charge in [-0.1, -0.05) is 102 Å². The van der Waals surface area contributed by atoms with Crippen LogP contribution in [0.2, 0.25) is 10.0 Å². The summed E-state index contributed by atoms with van der Waals surface area (Å²) in [5.41, 5.74) is 2.54. The maximum Gasteiger partial charge on any atom is 0.272 e. The predicted octanol–water partition coefficient (Wildman–Crippen LogP) is 8.10. The SMILES string of the molecule is O=C(Nc1cccc(SC(C(=O)NC2=NN(c3ccccc3)C(=O)C2)c2ccccc2)c1)/C(=C\c1ccc(Cl)cc1Cl)NC(=O)c1ccccc1. The molecule has 0 spiro atoms. The molecular formula is C39H29Cl2N5O4S. The molecule has 0 aromatic heterocycles. The monoisotopic (exact) mass is 733 g/mol. The molecule has 0 aliphatic carbocycles. The van der Waals surface area contributed by atoms with Crippen molar-refractivity contribution in [1.29, 1.82) is 0 Å². The van der Waals surface area contributed by atoms with Gasteiger partial charge in [0.2, 0.25) is 5.91 Å². The minimum atomic E-state index is -0.728. The Morgan fingerprint density at radius 1 is 0.784 bits per heavy atom. The van der Waals surface area contributed by atoms with Crippen molar-refractivity contribution in [3.05, 3.63) is 166 Å². The standard InChI is InChI=1S/C39H29Cl2N5O4S/c40-28-20-19-27(32(41)22-28)21-33(43-37(48)26-13-6-2-7-14-26)38(49)42-29-15-10-18-31(23-29)51-36(25-11-4-1-5-12-25)39(50)44-34-24-35(47)46(45-34)30-16-8-3-9-17-30/h1-23,36H,24H2,(H,42,49)(H,43,48)(H,44,45,50)/b33-21+. The Hall–Kier alpha value is -5.68. The Bertz CT molecular complexity index is 2150. The van der Waals surface area contributed by atoms with Gasteiger partial charge in [0.1, 0.15) is 16.8 Å². The van der Waals surface area contributed by atoms with Crippen molar-refractivity contribution in [3.63, 3.8) is 0 Å². The van der Waals surface area contributed by atoms with Gasteiger partial charge in [-0.2, -0.15) is 10.1 Å². The fourth-order valence-corrected chi connectivity index (χ4v) is 6.62. The minimum absolute atomic E-state index is 0.0494. The molecule has 12 heteroatoms. The number of hydrogen-bond acceptors (Lipinski definition) is 6. The number of halogens is 2. The smallest absolute Gasteiger partial charge is 0.272 e. The van der Waals surface area contributed by atoms with Crippen LogP contribution >= 0.6 is 35.0 Å². The number of nitrogens with zero attached hydrogens (tertiary/aromatic N) is 2. The number of thioether (sulfide) groups is 1. The quantitative estimate of drug-likeness (QED) is 0.0990. The number of carbonyl (C=O) groups is 4. The fraction of sp³-hybridized carbons (Fsp3) is 0.0513. The third kappa shape index (κ3) is 9.11. The summed E-state index contributed by atoms with van der Waals surface area (Å²) < 4.78 is 0. The Labute approximate surface area is 308 Å². The molecule has 0 radical (unpaired) electrons. The zero-order chi connectivity index (χ0) is 35.7. The van der Waals surface area contributed by atoms with E-state index in [2.05, 4.69) is 21.1 Å². The highest BCUT2D eigenvalue weighted by atomic mass is 35.5. The van der Waals surface area contributed by atoms with E-state index >= 15 is 0 Å². The van der Waals surface area contributed by atoms with E-state index in [0.717, 1.165) is 5.56 Å². The second kappa shape index (κ2) is 16.4. The highest BCUT2D eigenvalue weighted by molar-refractivity contribution is 8.00. The average Bonchev–Trinajstić information content (AvgIpc) is 3.51. The van der Waals surface area contributed by atoms with Crippen LogP contribution in [0.25, 0.3) is 6.08 Å². The molecule has 5 aromatic rings. The summed E-state index contributed by atoms with van der Waals surface area (Å²) in [6.45, 7) is 0. The number of rotatable bonds is 10. The highest BCUT2D eigenvalue weighted by Crippen LogP contribution is 2.37. The summed E-state index contributed by atoms with van der Waals surface area (Å²) in [7, 11) is 0. The van der Waals surface area contributed by atoms with Crippen LogP contribution in [0.1, 0.15) is 33.2 Å². The third-order valence-corrected chi connectivity index (χ3v) is 9.33. The van der Waals surface area contributed by atoms with Gasteiger partial charge >= 0.3 is 0 Å². The lowest BCUT2D eigenvalue weighted by Gasteiger charge is -2.17. The summed E-state index contributed by atoms with van der Waals surface area (Å²) in [4.78, 5) is 53.9. The molecular weight excluding hydrogens is 705 g/mol. The van der Waals surface area contributed by atoms with E-state index in [-0.39, 0.29) is 29.8 Å². The van der Waals surface area contributed by atoms with E-state index in [1.807, 2.05) is 42.5 Å². The number of nitrogens with one attached hydrogen (secondary N) is 3. The molecule has 9 nitrogen and oxygen atoms in total. The van der Waals surface area contributed by atoms with Crippen LogP contribution in [0.3, 0.4) is 0 Å². The van der Waals surface area contributed by atoms with Crippen molar-refractivity contribution >= 4 is 81.9 Å². The van der Waals surface area contributed by atoms with Crippen LogP contribution < -0.4 is 21.0 Å². The molecule has 1 aliphatic heterocycles. The van der Waals surface area contributed by atoms with Gasteiger partial charge in [-0.05, 0) is 71.8 Å². The number of carbonyl (C=O) groups excluding carboxylic acids is 4. The molecule has 0 saturated carbocycles. The first-order valence-corrected chi connectivity index (χ1v) is 17.3. The Kier molecular flexibility index (Phi) is 11.3. The molecule has 51 heavy (non-hydrogen) atoms. The lowest BCUT2D eigenvalue weighted by atomic mass is 10.1. The van der Waals surface area contributed by atoms with E-state index in [9.17, 15) is 19.2 Å². The van der Waals surface area contributed by atoms with Crippen molar-refractivity contribution in [3.8, 4) is 0 Å². The largest absolute Gasteiger partial charge is 0.321 e.